The molecule has 6 aromatic rings. The van der Waals surface area contributed by atoms with E-state index in [4.69, 9.17) is 23.7 Å². The van der Waals surface area contributed by atoms with E-state index in [0.717, 1.165) is 50.2 Å². The van der Waals surface area contributed by atoms with Crippen molar-refractivity contribution >= 4 is 40.5 Å². The first-order valence-electron chi connectivity index (χ1n) is 31.5. The highest BCUT2D eigenvalue weighted by Crippen LogP contribution is 2.23. The van der Waals surface area contributed by atoms with Crippen molar-refractivity contribution in [2.45, 2.75) is 194 Å². The zero-order valence-electron chi connectivity index (χ0n) is 50.1. The molecule has 9 heteroatoms. The van der Waals surface area contributed by atoms with Gasteiger partial charge in [0.1, 0.15) is 28.7 Å². The third kappa shape index (κ3) is 27.3. The minimum Gasteiger partial charge on any atom is -0.494 e. The normalized spacial score (nSPS) is 10.8. The van der Waals surface area contributed by atoms with E-state index in [1.54, 1.807) is 72.8 Å². The van der Waals surface area contributed by atoms with Crippen molar-refractivity contribution in [3.63, 3.8) is 0 Å². The van der Waals surface area contributed by atoms with Gasteiger partial charge in [0, 0.05) is 25.8 Å². The molecule has 0 amide bonds. The highest BCUT2D eigenvalue weighted by atomic mass is 127. The van der Waals surface area contributed by atoms with Crippen LogP contribution in [-0.2, 0) is 0 Å². The number of ether oxygens (including phenoxy) is 5. The molecular weight excluding hydrogens is 1160 g/mol. The number of hydrogen-bond acceptors (Lipinski definition) is 8. The second kappa shape index (κ2) is 40.4. The maximum absolute atomic E-state index is 13.7. The first-order valence-corrected chi connectivity index (χ1v) is 32.6. The van der Waals surface area contributed by atoms with E-state index in [2.05, 4.69) is 60.1 Å². The maximum Gasteiger partial charge on any atom is 0.343 e. The molecule has 444 valence electrons. The van der Waals surface area contributed by atoms with Gasteiger partial charge in [-0.1, -0.05) is 204 Å². The third-order valence-electron chi connectivity index (χ3n) is 14.7. The second-order valence-corrected chi connectivity index (χ2v) is 23.2. The molecule has 0 heterocycles. The van der Waals surface area contributed by atoms with Crippen LogP contribution in [0.2, 0.25) is 0 Å². The summed E-state index contributed by atoms with van der Waals surface area (Å²) in [4.78, 5) is 40.9. The van der Waals surface area contributed by atoms with E-state index in [-0.39, 0.29) is 28.2 Å². The fourth-order valence-corrected chi connectivity index (χ4v) is 10.1. The van der Waals surface area contributed by atoms with Gasteiger partial charge in [-0.25, -0.2) is 14.4 Å². The number of halogens is 1. The van der Waals surface area contributed by atoms with Gasteiger partial charge in [0.25, 0.3) is 0 Å². The Balaban J connectivity index is 0.936. The van der Waals surface area contributed by atoms with Gasteiger partial charge in [0.2, 0.25) is 0 Å². The lowest BCUT2D eigenvalue weighted by atomic mass is 10.0. The molecule has 0 spiro atoms. The number of carbonyl (C=O) groups excluding carboxylic acids is 3. The molecule has 0 bridgehead atoms. The Hall–Kier alpha value is -6.82. The van der Waals surface area contributed by atoms with Crippen molar-refractivity contribution in [1.82, 2.24) is 0 Å². The number of unbranched alkanes of at least 4 members (excludes halogenated alkanes) is 26. The number of esters is 3. The number of carbonyl (C=O) groups is 3. The standard InChI is InChI=1S/C75H89IO8/c1-3-5-7-9-11-13-15-17-19-21-23-25-27-29-55-80-68-45-35-60(36-46-68)31-33-62-39-49-70(50-40-62)82-73(77)64-57-65(59-66(58-64)75(79)84-72-53-43-67(76)44-54-72)74(78)83-71-51-41-63(42-52-71)34-32-61-37-47-69(48-38-61)81-56-30-28-26-24-22-20-18-16-14-12-10-8-6-4-2/h35-54,57-59H,3-30,55-56H2,1-2H3. The van der Waals surface area contributed by atoms with Gasteiger partial charge in [-0.05, 0) is 175 Å². The molecule has 0 radical (unpaired) electrons. The van der Waals surface area contributed by atoms with Crippen LogP contribution in [0.25, 0.3) is 0 Å². The van der Waals surface area contributed by atoms with E-state index in [1.807, 2.05) is 48.5 Å². The quantitative estimate of drug-likeness (QED) is 0.0124. The van der Waals surface area contributed by atoms with Crippen LogP contribution in [0.4, 0.5) is 0 Å². The smallest absolute Gasteiger partial charge is 0.343 e. The molecule has 0 aliphatic carbocycles. The largest absolute Gasteiger partial charge is 0.494 e. The molecule has 6 aromatic carbocycles. The van der Waals surface area contributed by atoms with E-state index >= 15 is 0 Å². The molecule has 0 saturated carbocycles. The Morgan fingerprint density at radius 2 is 0.512 bits per heavy atom. The van der Waals surface area contributed by atoms with E-state index in [9.17, 15) is 14.4 Å². The zero-order chi connectivity index (χ0) is 59.1. The molecule has 0 N–H and O–H groups in total. The average Bonchev–Trinajstić information content (AvgIpc) is 3.71. The molecule has 0 atom stereocenters. The lowest BCUT2D eigenvalue weighted by Crippen LogP contribution is -2.16. The summed E-state index contributed by atoms with van der Waals surface area (Å²) in [5, 5.41) is 0. The van der Waals surface area contributed by atoms with Gasteiger partial charge in [-0.3, -0.25) is 0 Å². The molecule has 6 rings (SSSR count). The van der Waals surface area contributed by atoms with Crippen LogP contribution in [0.15, 0.2) is 140 Å². The summed E-state index contributed by atoms with van der Waals surface area (Å²) in [6, 6.07) is 40.1. The summed E-state index contributed by atoms with van der Waals surface area (Å²) in [6.07, 6.45) is 37.2. The van der Waals surface area contributed by atoms with E-state index in [1.165, 1.54) is 185 Å². The van der Waals surface area contributed by atoms with Crippen LogP contribution in [0.3, 0.4) is 0 Å². The molecule has 0 unspecified atom stereocenters. The summed E-state index contributed by atoms with van der Waals surface area (Å²) in [5.41, 5.74) is 2.99. The van der Waals surface area contributed by atoms with Crippen molar-refractivity contribution in [2.75, 3.05) is 13.2 Å². The average molecular weight is 1250 g/mol. The van der Waals surface area contributed by atoms with E-state index in [0.29, 0.717) is 19.0 Å². The maximum atomic E-state index is 13.7. The molecule has 0 aliphatic rings. The fourth-order valence-electron chi connectivity index (χ4n) is 9.73. The Bertz CT molecular complexity index is 2790. The summed E-state index contributed by atoms with van der Waals surface area (Å²) in [7, 11) is 0. The summed E-state index contributed by atoms with van der Waals surface area (Å²) in [5.74, 6) is 12.8. The Morgan fingerprint density at radius 3 is 0.762 bits per heavy atom. The molecule has 0 fully saturated rings. The van der Waals surface area contributed by atoms with Gasteiger partial charge >= 0.3 is 17.9 Å². The van der Waals surface area contributed by atoms with Crippen molar-refractivity contribution < 1.29 is 38.1 Å². The molecule has 0 saturated heterocycles. The first-order chi connectivity index (χ1) is 41.2. The van der Waals surface area contributed by atoms with Crippen LogP contribution in [0, 0.1) is 27.3 Å². The molecule has 0 aromatic heterocycles. The van der Waals surface area contributed by atoms with Crippen molar-refractivity contribution in [3.8, 4) is 52.4 Å². The monoisotopic (exact) mass is 1240 g/mol. The minimum absolute atomic E-state index is 0.0413. The summed E-state index contributed by atoms with van der Waals surface area (Å²) in [6.45, 7) is 5.96. The molecule has 84 heavy (non-hydrogen) atoms. The van der Waals surface area contributed by atoms with Crippen LogP contribution < -0.4 is 23.7 Å². The van der Waals surface area contributed by atoms with Crippen LogP contribution in [0.5, 0.6) is 28.7 Å². The molecular formula is C75H89IO8. The van der Waals surface area contributed by atoms with Gasteiger partial charge in [0.05, 0.1) is 29.9 Å². The molecule has 8 nitrogen and oxygen atoms in total. The van der Waals surface area contributed by atoms with Crippen LogP contribution in [0.1, 0.15) is 247 Å². The lowest BCUT2D eigenvalue weighted by molar-refractivity contribution is 0.0734. The van der Waals surface area contributed by atoms with Crippen molar-refractivity contribution in [3.05, 3.63) is 182 Å². The molecule has 0 aliphatic heterocycles. The van der Waals surface area contributed by atoms with Crippen molar-refractivity contribution in [2.24, 2.45) is 0 Å². The summed E-state index contributed by atoms with van der Waals surface area (Å²) >= 11 is 2.16. The summed E-state index contributed by atoms with van der Waals surface area (Å²) < 4.78 is 30.1. The second-order valence-electron chi connectivity index (χ2n) is 21.9. The Morgan fingerprint density at radius 1 is 0.298 bits per heavy atom. The SMILES string of the molecule is CCCCCCCCCCCCCCCCOc1ccc(C#Cc2ccc(OC(=O)c3cc(C(=O)Oc4ccc(I)cc4)cc(C(=O)Oc4ccc(C#Cc5ccc(OCCCCCCCCCCCCCCCC)cc5)cc4)c3)cc2)cc1. The Labute approximate surface area is 516 Å². The van der Waals surface area contributed by atoms with Crippen LogP contribution in [-0.4, -0.2) is 31.1 Å². The van der Waals surface area contributed by atoms with Gasteiger partial charge in [-0.15, -0.1) is 0 Å². The fraction of sp³-hybridized carbons (Fsp3) is 0.427. The van der Waals surface area contributed by atoms with Gasteiger partial charge in [0.15, 0.2) is 0 Å². The highest BCUT2D eigenvalue weighted by molar-refractivity contribution is 14.1. The first kappa shape index (κ1) is 66.3. The minimum atomic E-state index is -0.788. The highest BCUT2D eigenvalue weighted by Gasteiger charge is 2.21. The Kier molecular flexibility index (Phi) is 31.9. The topological polar surface area (TPSA) is 97.4 Å². The van der Waals surface area contributed by atoms with E-state index < -0.39 is 17.9 Å². The van der Waals surface area contributed by atoms with Crippen molar-refractivity contribution in [1.29, 1.82) is 0 Å². The lowest BCUT2D eigenvalue weighted by Gasteiger charge is -2.11. The zero-order valence-corrected chi connectivity index (χ0v) is 52.3. The van der Waals surface area contributed by atoms with Crippen LogP contribution >= 0.6 is 22.6 Å². The predicted molar refractivity (Wildman–Crippen MR) is 350 cm³/mol. The van der Waals surface area contributed by atoms with Gasteiger partial charge < -0.3 is 23.7 Å². The third-order valence-corrected chi connectivity index (χ3v) is 15.5. The number of hydrogen-bond donors (Lipinski definition) is 0. The van der Waals surface area contributed by atoms with Gasteiger partial charge in [-0.2, -0.15) is 0 Å². The number of benzene rings is 6. The predicted octanol–water partition coefficient (Wildman–Crippen LogP) is 20.5. The number of rotatable bonds is 38.